The molecule has 2 amide bonds. The van der Waals surface area contributed by atoms with E-state index < -0.39 is 28.7 Å². The number of carbonyl (C=O) groups excluding carboxylic acids is 2. The van der Waals surface area contributed by atoms with Gasteiger partial charge >= 0.3 is 5.97 Å². The molecule has 0 saturated carbocycles. The van der Waals surface area contributed by atoms with Crippen molar-refractivity contribution >= 4 is 29.5 Å². The molecule has 6 nitrogen and oxygen atoms in total. The Morgan fingerprint density at radius 1 is 1.35 bits per heavy atom. The number of hydrogen-bond acceptors (Lipinski definition) is 4. The van der Waals surface area contributed by atoms with Crippen LogP contribution in [-0.2, 0) is 20.8 Å². The van der Waals surface area contributed by atoms with Gasteiger partial charge in [0.25, 0.3) is 0 Å². The van der Waals surface area contributed by atoms with E-state index in [9.17, 15) is 19.5 Å². The van der Waals surface area contributed by atoms with Gasteiger partial charge in [-0.3, -0.25) is 9.59 Å². The normalized spacial score (nSPS) is 23.5. The van der Waals surface area contributed by atoms with Gasteiger partial charge in [-0.05, 0) is 19.4 Å². The van der Waals surface area contributed by atoms with Gasteiger partial charge in [-0.2, -0.15) is 11.8 Å². The Labute approximate surface area is 139 Å². The highest BCUT2D eigenvalue weighted by Gasteiger charge is 2.42. The second kappa shape index (κ2) is 7.04. The molecule has 124 valence electrons. The molecule has 0 unspecified atom stereocenters. The first-order chi connectivity index (χ1) is 10.8. The van der Waals surface area contributed by atoms with Crippen LogP contribution in [0.2, 0.25) is 0 Å². The number of carbonyl (C=O) groups is 3. The summed E-state index contributed by atoms with van der Waals surface area (Å²) in [6.07, 6.45) is 0.182. The molecular formula is C16H20N2O4S. The molecule has 0 radical (unpaired) electrons. The third-order valence-corrected chi connectivity index (χ3v) is 5.19. The van der Waals surface area contributed by atoms with E-state index in [1.165, 1.54) is 11.8 Å². The number of carboxylic acid groups (broad SMARTS) is 1. The molecule has 3 N–H and O–H groups in total. The number of nitrogens with one attached hydrogen (secondary N) is 2. The Hall–Kier alpha value is -2.02. The molecule has 0 spiro atoms. The molecule has 1 aliphatic rings. The second-order valence-corrected chi connectivity index (χ2v) is 7.65. The van der Waals surface area contributed by atoms with Crippen molar-refractivity contribution in [3.8, 4) is 0 Å². The average Bonchev–Trinajstić information content (AvgIpc) is 2.59. The van der Waals surface area contributed by atoms with E-state index in [0.29, 0.717) is 5.75 Å². The SMILES string of the molecule is CC1(C)SC[C@@H](NC(=O)Cc2ccccc2)C(=O)N[C@@H]1C(=O)O. The van der Waals surface area contributed by atoms with E-state index in [1.54, 1.807) is 13.8 Å². The minimum Gasteiger partial charge on any atom is -0.480 e. The lowest BCUT2D eigenvalue weighted by molar-refractivity contribution is -0.142. The van der Waals surface area contributed by atoms with Gasteiger partial charge in [0.1, 0.15) is 12.1 Å². The third kappa shape index (κ3) is 4.48. The Morgan fingerprint density at radius 2 is 2.00 bits per heavy atom. The number of hydrogen-bond donors (Lipinski definition) is 3. The number of carboxylic acids is 1. The first kappa shape index (κ1) is 17.3. The van der Waals surface area contributed by atoms with Gasteiger partial charge in [0.2, 0.25) is 11.8 Å². The van der Waals surface area contributed by atoms with Gasteiger partial charge in [0, 0.05) is 10.5 Å². The minimum atomic E-state index is -1.08. The first-order valence-electron chi connectivity index (χ1n) is 7.30. The van der Waals surface area contributed by atoms with Gasteiger partial charge in [-0.25, -0.2) is 4.79 Å². The topological polar surface area (TPSA) is 95.5 Å². The summed E-state index contributed by atoms with van der Waals surface area (Å²) in [5.74, 6) is -1.46. The molecular weight excluding hydrogens is 316 g/mol. The van der Waals surface area contributed by atoms with Crippen molar-refractivity contribution < 1.29 is 19.5 Å². The summed E-state index contributed by atoms with van der Waals surface area (Å²) in [4.78, 5) is 35.6. The molecule has 2 rings (SSSR count). The van der Waals surface area contributed by atoms with E-state index >= 15 is 0 Å². The molecule has 23 heavy (non-hydrogen) atoms. The zero-order valence-corrected chi connectivity index (χ0v) is 13.9. The minimum absolute atomic E-state index is 0.182. The average molecular weight is 336 g/mol. The first-order valence-corrected chi connectivity index (χ1v) is 8.28. The van der Waals surface area contributed by atoms with Crippen LogP contribution in [0.1, 0.15) is 19.4 Å². The second-order valence-electron chi connectivity index (χ2n) is 5.98. The van der Waals surface area contributed by atoms with E-state index in [-0.39, 0.29) is 12.3 Å². The number of amides is 2. The van der Waals surface area contributed by atoms with Crippen LogP contribution in [-0.4, -0.2) is 45.5 Å². The van der Waals surface area contributed by atoms with E-state index in [1.807, 2.05) is 30.3 Å². The molecule has 2 atom stereocenters. The summed E-state index contributed by atoms with van der Waals surface area (Å²) in [5.41, 5.74) is 0.857. The highest BCUT2D eigenvalue weighted by Crippen LogP contribution is 2.31. The fourth-order valence-electron chi connectivity index (χ4n) is 2.37. The van der Waals surface area contributed by atoms with Gasteiger partial charge in [-0.1, -0.05) is 30.3 Å². The summed E-state index contributed by atoms with van der Waals surface area (Å²) >= 11 is 1.36. The Balaban J connectivity index is 2.02. The van der Waals surface area contributed by atoms with Gasteiger partial charge in [0.05, 0.1) is 6.42 Å². The molecule has 0 aromatic heterocycles. The lowest BCUT2D eigenvalue weighted by atomic mass is 10.0. The predicted molar refractivity (Wildman–Crippen MR) is 88.2 cm³/mol. The summed E-state index contributed by atoms with van der Waals surface area (Å²) in [6.45, 7) is 3.54. The van der Waals surface area contributed by atoms with E-state index in [2.05, 4.69) is 10.6 Å². The number of aliphatic carboxylic acids is 1. The molecule has 0 bridgehead atoms. The van der Waals surface area contributed by atoms with Gasteiger partial charge in [0.15, 0.2) is 0 Å². The van der Waals surface area contributed by atoms with Crippen molar-refractivity contribution in [2.75, 3.05) is 5.75 Å². The van der Waals surface area contributed by atoms with Crippen molar-refractivity contribution in [1.29, 1.82) is 0 Å². The van der Waals surface area contributed by atoms with Crippen molar-refractivity contribution in [3.63, 3.8) is 0 Å². The molecule has 1 fully saturated rings. The summed E-state index contributed by atoms with van der Waals surface area (Å²) in [7, 11) is 0. The standard InChI is InChI=1S/C16H20N2O4S/c1-16(2)13(15(21)22)18-14(20)11(9-23-16)17-12(19)8-10-6-4-3-5-7-10/h3-7,11,13H,8-9H2,1-2H3,(H,17,19)(H,18,20)(H,21,22)/t11-,13-/m1/s1. The van der Waals surface area contributed by atoms with Crippen LogP contribution in [0.25, 0.3) is 0 Å². The largest absolute Gasteiger partial charge is 0.480 e. The van der Waals surface area contributed by atoms with E-state index in [0.717, 1.165) is 5.56 Å². The zero-order chi connectivity index (χ0) is 17.0. The zero-order valence-electron chi connectivity index (χ0n) is 13.0. The summed E-state index contributed by atoms with van der Waals surface area (Å²) in [6, 6.07) is 7.50. The lowest BCUT2D eigenvalue weighted by Gasteiger charge is -2.28. The maximum Gasteiger partial charge on any atom is 0.327 e. The summed E-state index contributed by atoms with van der Waals surface area (Å²) in [5, 5.41) is 14.5. The lowest BCUT2D eigenvalue weighted by Crippen LogP contribution is -2.54. The monoisotopic (exact) mass is 336 g/mol. The van der Waals surface area contributed by atoms with Gasteiger partial charge in [-0.15, -0.1) is 0 Å². The van der Waals surface area contributed by atoms with E-state index in [4.69, 9.17) is 0 Å². The van der Waals surface area contributed by atoms with Crippen LogP contribution < -0.4 is 10.6 Å². The van der Waals surface area contributed by atoms with Crippen LogP contribution in [0.15, 0.2) is 30.3 Å². The summed E-state index contributed by atoms with van der Waals surface area (Å²) < 4.78 is -0.652. The Morgan fingerprint density at radius 3 is 2.61 bits per heavy atom. The quantitative estimate of drug-likeness (QED) is 0.756. The maximum atomic E-state index is 12.2. The van der Waals surface area contributed by atoms with Crippen molar-refractivity contribution in [2.45, 2.75) is 37.1 Å². The van der Waals surface area contributed by atoms with Crippen molar-refractivity contribution in [3.05, 3.63) is 35.9 Å². The molecule has 0 aliphatic carbocycles. The Kier molecular flexibility index (Phi) is 5.30. The fraction of sp³-hybridized carbons (Fsp3) is 0.438. The van der Waals surface area contributed by atoms with Crippen LogP contribution in [0.4, 0.5) is 0 Å². The molecule has 1 saturated heterocycles. The molecule has 1 aromatic rings. The van der Waals surface area contributed by atoms with Crippen molar-refractivity contribution in [2.24, 2.45) is 0 Å². The number of benzene rings is 1. The maximum absolute atomic E-state index is 12.2. The van der Waals surface area contributed by atoms with Crippen molar-refractivity contribution in [1.82, 2.24) is 10.6 Å². The fourth-order valence-corrected chi connectivity index (χ4v) is 3.52. The highest BCUT2D eigenvalue weighted by atomic mass is 32.2. The Bertz CT molecular complexity index is 603. The smallest absolute Gasteiger partial charge is 0.327 e. The third-order valence-electron chi connectivity index (χ3n) is 3.71. The number of rotatable bonds is 4. The number of thioether (sulfide) groups is 1. The van der Waals surface area contributed by atoms with Crippen LogP contribution in [0.5, 0.6) is 0 Å². The molecule has 1 aliphatic heterocycles. The highest BCUT2D eigenvalue weighted by molar-refractivity contribution is 8.00. The molecule has 1 heterocycles. The predicted octanol–water partition coefficient (Wildman–Crippen LogP) is 0.809. The van der Waals surface area contributed by atoms with Crippen LogP contribution in [0.3, 0.4) is 0 Å². The molecule has 7 heteroatoms. The van der Waals surface area contributed by atoms with Gasteiger partial charge < -0.3 is 15.7 Å². The van der Waals surface area contributed by atoms with Crippen LogP contribution >= 0.6 is 11.8 Å². The van der Waals surface area contributed by atoms with Crippen LogP contribution in [0, 0.1) is 0 Å². The molecule has 1 aromatic carbocycles.